The molecule has 8 aliphatic rings. The van der Waals surface area contributed by atoms with Crippen molar-refractivity contribution in [2.24, 2.45) is 69.0 Å². The van der Waals surface area contributed by atoms with Crippen molar-refractivity contribution in [3.05, 3.63) is 35.5 Å². The first-order chi connectivity index (χ1) is 23.8. The maximum absolute atomic E-state index is 12.3. The Labute approximate surface area is 304 Å². The lowest BCUT2D eigenvalue weighted by molar-refractivity contribution is -0.221. The lowest BCUT2D eigenvalue weighted by Gasteiger charge is -2.72. The Kier molecular flexibility index (Phi) is 8.95. The lowest BCUT2D eigenvalue weighted by Crippen LogP contribution is -2.68. The van der Waals surface area contributed by atoms with E-state index < -0.39 is 0 Å². The summed E-state index contributed by atoms with van der Waals surface area (Å²) in [5, 5.41) is 8.07. The normalized spacial score (nSPS) is 48.6. The van der Waals surface area contributed by atoms with Gasteiger partial charge >= 0.3 is 5.97 Å². The second kappa shape index (κ2) is 12.6. The number of methoxy groups -OCH3 is 1. The number of hydrogen-bond donors (Lipinski definition) is 2. The standard InChI is InChI=1S/C45H70N2O3/c1-28(2)32-15-20-45(47-24-23-46-26-36-33-25-31(33)27-50-36)22-21-43(6)35(39(32)45)13-14-38-42(5)18-16-34(29-9-11-30(12-10-29)40(48)49-8)41(3,4)37(42)17-19-44(38,43)7/h9,16,30-33,35-39,46-47H,1,10-15,17-27H2,2-8H3/t30-,31?,32+,33?,35-,36-,37+,38-,39-,42+,43-,44-,45+/m1/s1. The van der Waals surface area contributed by atoms with Gasteiger partial charge in [0.15, 0.2) is 0 Å². The third kappa shape index (κ3) is 5.26. The second-order valence-electron chi connectivity index (χ2n) is 20.3. The molecule has 7 aliphatic carbocycles. The molecule has 0 spiro atoms. The van der Waals surface area contributed by atoms with Crippen molar-refractivity contribution in [3.63, 3.8) is 0 Å². The van der Waals surface area contributed by atoms with E-state index in [2.05, 4.69) is 70.9 Å². The molecule has 2 N–H and O–H groups in total. The number of allylic oxidation sites excluding steroid dienone is 5. The van der Waals surface area contributed by atoms with E-state index in [4.69, 9.17) is 9.47 Å². The maximum atomic E-state index is 12.3. The molecule has 0 aromatic heterocycles. The van der Waals surface area contributed by atoms with E-state index in [0.717, 1.165) is 69.2 Å². The molecule has 1 saturated heterocycles. The van der Waals surface area contributed by atoms with Gasteiger partial charge in [-0.25, -0.2) is 0 Å². The number of carbonyl (C=O) groups excluding carboxylic acids is 1. The van der Waals surface area contributed by atoms with Crippen LogP contribution in [0.25, 0.3) is 0 Å². The average Bonchev–Trinajstić information content (AvgIpc) is 3.59. The molecule has 1 aliphatic heterocycles. The predicted molar refractivity (Wildman–Crippen MR) is 202 cm³/mol. The maximum Gasteiger partial charge on any atom is 0.308 e. The van der Waals surface area contributed by atoms with Gasteiger partial charge in [0.1, 0.15) is 0 Å². The quantitative estimate of drug-likeness (QED) is 0.144. The number of fused-ring (bicyclic) bond motifs is 8. The predicted octanol–water partition coefficient (Wildman–Crippen LogP) is 9.05. The van der Waals surface area contributed by atoms with Crippen molar-refractivity contribution in [1.82, 2.24) is 10.6 Å². The summed E-state index contributed by atoms with van der Waals surface area (Å²) in [6.07, 6.45) is 21.7. The third-order valence-electron chi connectivity index (χ3n) is 18.0. The van der Waals surface area contributed by atoms with Crippen molar-refractivity contribution in [2.45, 2.75) is 137 Å². The molecule has 0 radical (unpaired) electrons. The van der Waals surface area contributed by atoms with Crippen molar-refractivity contribution < 1.29 is 14.3 Å². The first kappa shape index (κ1) is 35.6. The van der Waals surface area contributed by atoms with E-state index in [1.54, 1.807) is 5.57 Å². The minimum atomic E-state index is -0.0403. The van der Waals surface area contributed by atoms with Crippen LogP contribution in [0.3, 0.4) is 0 Å². The van der Waals surface area contributed by atoms with Gasteiger partial charge < -0.3 is 20.1 Å². The summed E-state index contributed by atoms with van der Waals surface area (Å²) in [5.41, 5.74) is 6.00. The minimum Gasteiger partial charge on any atom is -0.469 e. The molecular weight excluding hydrogens is 617 g/mol. The molecule has 2 unspecified atom stereocenters. The molecule has 0 aromatic carbocycles. The summed E-state index contributed by atoms with van der Waals surface area (Å²) >= 11 is 0. The van der Waals surface area contributed by atoms with E-state index in [9.17, 15) is 4.79 Å². The van der Waals surface area contributed by atoms with Crippen molar-refractivity contribution in [1.29, 1.82) is 0 Å². The smallest absolute Gasteiger partial charge is 0.308 e. The number of carbonyl (C=O) groups is 1. The Hall–Kier alpha value is -1.43. The Bertz CT molecular complexity index is 1430. The monoisotopic (exact) mass is 687 g/mol. The van der Waals surface area contributed by atoms with E-state index in [1.807, 2.05) is 0 Å². The molecule has 13 atom stereocenters. The first-order valence-corrected chi connectivity index (χ1v) is 21.0. The van der Waals surface area contributed by atoms with Crippen LogP contribution < -0.4 is 10.6 Å². The number of rotatable bonds is 9. The third-order valence-corrected chi connectivity index (χ3v) is 18.0. The molecule has 50 heavy (non-hydrogen) atoms. The highest BCUT2D eigenvalue weighted by Gasteiger charge is 2.70. The Morgan fingerprint density at radius 3 is 2.46 bits per heavy atom. The number of esters is 1. The van der Waals surface area contributed by atoms with E-state index >= 15 is 0 Å². The first-order valence-electron chi connectivity index (χ1n) is 21.0. The van der Waals surface area contributed by atoms with Crippen LogP contribution in [-0.2, 0) is 14.3 Å². The second-order valence-corrected chi connectivity index (χ2v) is 20.3. The Balaban J connectivity index is 1.01. The van der Waals surface area contributed by atoms with E-state index in [1.165, 1.54) is 82.5 Å². The fourth-order valence-corrected chi connectivity index (χ4v) is 15.2. The van der Waals surface area contributed by atoms with Crippen LogP contribution >= 0.6 is 0 Å². The summed E-state index contributed by atoms with van der Waals surface area (Å²) in [5.74, 6) is 5.25. The van der Waals surface area contributed by atoms with Crippen LogP contribution in [0, 0.1) is 69.0 Å². The summed E-state index contributed by atoms with van der Waals surface area (Å²) in [7, 11) is 1.53. The zero-order valence-corrected chi connectivity index (χ0v) is 32.8. The van der Waals surface area contributed by atoms with Crippen molar-refractivity contribution in [3.8, 4) is 0 Å². The molecule has 278 valence electrons. The molecule has 0 amide bonds. The van der Waals surface area contributed by atoms with Crippen LogP contribution in [-0.4, -0.2) is 51.0 Å². The van der Waals surface area contributed by atoms with E-state index in [0.29, 0.717) is 40.1 Å². The minimum absolute atomic E-state index is 0.0279. The summed E-state index contributed by atoms with van der Waals surface area (Å²) in [6.45, 7) is 24.5. The number of nitrogens with one attached hydrogen (secondary N) is 2. The molecular formula is C45H70N2O3. The highest BCUT2D eigenvalue weighted by atomic mass is 16.5. The summed E-state index contributed by atoms with van der Waals surface area (Å²) in [6, 6.07) is 0. The van der Waals surface area contributed by atoms with Crippen LogP contribution in [0.1, 0.15) is 125 Å². The van der Waals surface area contributed by atoms with Gasteiger partial charge in [-0.1, -0.05) is 58.9 Å². The SMILES string of the molecule is C=C(C)[C@@H]1CC[C@]2(NCCNC[C@H]3OCC4CC43)CC[C@]3(C)[C@H](CC[C@@H]4[C@@]5(C)CC=C(C6=CC[C@@H](C(=O)OC)CC6)C(C)(C)[C@@H]5CC[C@]43C)[C@@H]12. The zero-order valence-electron chi connectivity index (χ0n) is 32.8. The molecule has 1 heterocycles. The van der Waals surface area contributed by atoms with Gasteiger partial charge in [0.25, 0.3) is 0 Å². The fraction of sp³-hybridized carbons (Fsp3) is 0.844. The van der Waals surface area contributed by atoms with E-state index in [-0.39, 0.29) is 22.8 Å². The molecule has 5 heteroatoms. The van der Waals surface area contributed by atoms with Gasteiger partial charge in [0, 0.05) is 25.2 Å². The largest absolute Gasteiger partial charge is 0.469 e. The van der Waals surface area contributed by atoms with Crippen LogP contribution in [0.15, 0.2) is 35.5 Å². The van der Waals surface area contributed by atoms with Crippen molar-refractivity contribution >= 4 is 5.97 Å². The molecule has 6 fully saturated rings. The van der Waals surface area contributed by atoms with Gasteiger partial charge in [0.2, 0.25) is 0 Å². The van der Waals surface area contributed by atoms with Crippen LogP contribution in [0.4, 0.5) is 0 Å². The van der Waals surface area contributed by atoms with Gasteiger partial charge in [-0.2, -0.15) is 0 Å². The van der Waals surface area contributed by atoms with Crippen LogP contribution in [0.2, 0.25) is 0 Å². The highest BCUT2D eigenvalue weighted by molar-refractivity contribution is 5.73. The van der Waals surface area contributed by atoms with Crippen LogP contribution in [0.5, 0.6) is 0 Å². The summed E-state index contributed by atoms with van der Waals surface area (Å²) in [4.78, 5) is 12.3. The topological polar surface area (TPSA) is 59.6 Å². The molecule has 0 aromatic rings. The van der Waals surface area contributed by atoms with Gasteiger partial charge in [-0.15, -0.1) is 0 Å². The molecule has 5 nitrogen and oxygen atoms in total. The molecule has 0 bridgehead atoms. The van der Waals surface area contributed by atoms with Crippen molar-refractivity contribution in [2.75, 3.05) is 33.4 Å². The highest BCUT2D eigenvalue weighted by Crippen LogP contribution is 2.76. The van der Waals surface area contributed by atoms with Gasteiger partial charge in [-0.05, 0) is 165 Å². The average molecular weight is 687 g/mol. The number of ether oxygens (including phenoxy) is 2. The van der Waals surface area contributed by atoms with Gasteiger partial charge in [-0.3, -0.25) is 4.79 Å². The molecule has 5 saturated carbocycles. The summed E-state index contributed by atoms with van der Waals surface area (Å²) < 4.78 is 11.1. The van der Waals surface area contributed by atoms with Gasteiger partial charge in [0.05, 0.1) is 25.7 Å². The lowest BCUT2D eigenvalue weighted by atomic mass is 9.33. The Morgan fingerprint density at radius 1 is 0.960 bits per heavy atom. The zero-order chi connectivity index (χ0) is 35.3. The molecule has 8 rings (SSSR count). The Morgan fingerprint density at radius 2 is 1.78 bits per heavy atom. The fourth-order valence-electron chi connectivity index (χ4n) is 15.2. The number of hydrogen-bond acceptors (Lipinski definition) is 5.